The highest BCUT2D eigenvalue weighted by Gasteiger charge is 2.08. The van der Waals surface area contributed by atoms with Crippen LogP contribution in [0, 0.1) is 0 Å². The molecule has 2 N–H and O–H groups in total. The minimum atomic E-state index is -0.275. The quantitative estimate of drug-likeness (QED) is 0.812. The summed E-state index contributed by atoms with van der Waals surface area (Å²) in [6.45, 7) is 3.02. The van der Waals surface area contributed by atoms with E-state index in [0.29, 0.717) is 11.5 Å². The molecule has 0 bridgehead atoms. The Morgan fingerprint density at radius 2 is 2.28 bits per heavy atom. The van der Waals surface area contributed by atoms with Crippen molar-refractivity contribution >= 4 is 11.6 Å². The number of hydrogen-bond acceptors (Lipinski definition) is 6. The number of amides is 1. The van der Waals surface area contributed by atoms with Gasteiger partial charge in [0.05, 0.1) is 18.4 Å². The first-order valence-electron chi connectivity index (χ1n) is 5.53. The average Bonchev–Trinajstić information content (AvgIpc) is 2.90. The van der Waals surface area contributed by atoms with Crippen LogP contribution in [-0.2, 0) is 6.54 Å². The van der Waals surface area contributed by atoms with Crippen LogP contribution in [0.15, 0.2) is 29.2 Å². The topological polar surface area (TPSA) is 92.9 Å². The molecule has 2 aromatic heterocycles. The lowest BCUT2D eigenvalue weighted by Crippen LogP contribution is -2.24. The summed E-state index contributed by atoms with van der Waals surface area (Å²) in [4.78, 5) is 19.6. The Hall–Kier alpha value is -2.44. The van der Waals surface area contributed by atoms with Crippen LogP contribution in [0.4, 0.5) is 5.69 Å². The molecule has 0 aliphatic carbocycles. The number of anilines is 1. The van der Waals surface area contributed by atoms with Crippen LogP contribution in [-0.4, -0.2) is 27.6 Å². The maximum absolute atomic E-state index is 11.7. The summed E-state index contributed by atoms with van der Waals surface area (Å²) in [5.74, 6) is 0.149. The van der Waals surface area contributed by atoms with Crippen molar-refractivity contribution in [2.45, 2.75) is 13.5 Å². The third-order valence-electron chi connectivity index (χ3n) is 2.19. The van der Waals surface area contributed by atoms with Crippen LogP contribution >= 0.6 is 0 Å². The molecule has 2 heterocycles. The van der Waals surface area contributed by atoms with E-state index in [4.69, 9.17) is 0 Å². The summed E-state index contributed by atoms with van der Waals surface area (Å²) >= 11 is 0. The van der Waals surface area contributed by atoms with Gasteiger partial charge in [-0.2, -0.15) is 4.98 Å². The van der Waals surface area contributed by atoms with Gasteiger partial charge in [0.15, 0.2) is 5.82 Å². The van der Waals surface area contributed by atoms with Gasteiger partial charge in [-0.3, -0.25) is 4.79 Å². The van der Waals surface area contributed by atoms with Crippen LogP contribution in [0.25, 0.3) is 0 Å². The zero-order valence-corrected chi connectivity index (χ0v) is 9.88. The molecule has 94 valence electrons. The van der Waals surface area contributed by atoms with Gasteiger partial charge < -0.3 is 15.2 Å². The van der Waals surface area contributed by atoms with Gasteiger partial charge >= 0.3 is 0 Å². The summed E-state index contributed by atoms with van der Waals surface area (Å²) in [5.41, 5.74) is 1.23. The summed E-state index contributed by atoms with van der Waals surface area (Å²) in [6, 6.07) is 3.46. The maximum Gasteiger partial charge on any atom is 0.270 e. The van der Waals surface area contributed by atoms with Crippen molar-refractivity contribution in [1.82, 2.24) is 20.4 Å². The molecule has 0 saturated heterocycles. The second-order valence-corrected chi connectivity index (χ2v) is 3.49. The lowest BCUT2D eigenvalue weighted by Gasteiger charge is -2.04. The summed E-state index contributed by atoms with van der Waals surface area (Å²) in [7, 11) is 0. The van der Waals surface area contributed by atoms with Crippen LogP contribution in [0.5, 0.6) is 0 Å². The van der Waals surface area contributed by atoms with Crippen molar-refractivity contribution in [3.63, 3.8) is 0 Å². The Kier molecular flexibility index (Phi) is 3.85. The number of pyridine rings is 1. The van der Waals surface area contributed by atoms with Crippen LogP contribution < -0.4 is 10.6 Å². The van der Waals surface area contributed by atoms with Crippen molar-refractivity contribution in [3.8, 4) is 0 Å². The van der Waals surface area contributed by atoms with E-state index < -0.39 is 0 Å². The number of carbonyl (C=O) groups is 1. The van der Waals surface area contributed by atoms with E-state index in [1.165, 1.54) is 6.39 Å². The molecule has 2 rings (SSSR count). The van der Waals surface area contributed by atoms with Gasteiger partial charge in [0.25, 0.3) is 5.91 Å². The zero-order chi connectivity index (χ0) is 12.8. The molecule has 7 nitrogen and oxygen atoms in total. The number of nitrogens with one attached hydrogen (secondary N) is 2. The van der Waals surface area contributed by atoms with Crippen LogP contribution in [0.2, 0.25) is 0 Å². The average molecular weight is 247 g/mol. The van der Waals surface area contributed by atoms with Gasteiger partial charge in [0.1, 0.15) is 5.69 Å². The molecule has 7 heteroatoms. The van der Waals surface area contributed by atoms with Gasteiger partial charge in [-0.05, 0) is 19.1 Å². The monoisotopic (exact) mass is 247 g/mol. The van der Waals surface area contributed by atoms with E-state index in [-0.39, 0.29) is 12.5 Å². The molecule has 0 spiro atoms. The van der Waals surface area contributed by atoms with Gasteiger partial charge in [-0.25, -0.2) is 4.98 Å². The molecule has 0 atom stereocenters. The fourth-order valence-electron chi connectivity index (χ4n) is 1.36. The standard InChI is InChI=1S/C11H13N5O2/c1-2-12-8-3-4-9(13-5-8)11(17)14-6-10-15-7-18-16-10/h3-5,7,12H,2,6H2,1H3,(H,14,17). The summed E-state index contributed by atoms with van der Waals surface area (Å²) < 4.78 is 4.56. The predicted octanol–water partition coefficient (Wildman–Crippen LogP) is 0.826. The third kappa shape index (κ3) is 3.03. The Balaban J connectivity index is 1.92. The summed E-state index contributed by atoms with van der Waals surface area (Å²) in [5, 5.41) is 9.34. The molecule has 0 fully saturated rings. The number of carbonyl (C=O) groups excluding carboxylic acids is 1. The minimum Gasteiger partial charge on any atom is -0.384 e. The number of nitrogens with zero attached hydrogens (tertiary/aromatic N) is 3. The zero-order valence-electron chi connectivity index (χ0n) is 9.88. The van der Waals surface area contributed by atoms with Gasteiger partial charge in [-0.1, -0.05) is 5.16 Å². The highest BCUT2D eigenvalue weighted by molar-refractivity contribution is 5.92. The molecule has 18 heavy (non-hydrogen) atoms. The van der Waals surface area contributed by atoms with Gasteiger partial charge in [0, 0.05) is 6.54 Å². The smallest absolute Gasteiger partial charge is 0.270 e. The van der Waals surface area contributed by atoms with Crippen LogP contribution in [0.1, 0.15) is 23.2 Å². The lowest BCUT2D eigenvalue weighted by molar-refractivity contribution is 0.0944. The Labute approximate surface area is 104 Å². The van der Waals surface area contributed by atoms with Gasteiger partial charge in [-0.15, -0.1) is 0 Å². The van der Waals surface area contributed by atoms with Crippen molar-refractivity contribution in [2.24, 2.45) is 0 Å². The molecule has 0 aromatic carbocycles. The molecule has 1 amide bonds. The molecule has 2 aromatic rings. The Morgan fingerprint density at radius 1 is 1.39 bits per heavy atom. The lowest BCUT2D eigenvalue weighted by atomic mass is 10.3. The van der Waals surface area contributed by atoms with Gasteiger partial charge in [0.2, 0.25) is 6.39 Å². The molecule has 0 saturated carbocycles. The van der Waals surface area contributed by atoms with E-state index in [1.54, 1.807) is 18.3 Å². The second-order valence-electron chi connectivity index (χ2n) is 3.49. The fourth-order valence-corrected chi connectivity index (χ4v) is 1.36. The molecule has 0 radical (unpaired) electrons. The van der Waals surface area contributed by atoms with Crippen molar-refractivity contribution < 1.29 is 9.32 Å². The fraction of sp³-hybridized carbons (Fsp3) is 0.273. The van der Waals surface area contributed by atoms with Crippen molar-refractivity contribution in [2.75, 3.05) is 11.9 Å². The molecular formula is C11H13N5O2. The van der Waals surface area contributed by atoms with E-state index in [2.05, 4.69) is 30.3 Å². The number of hydrogen-bond donors (Lipinski definition) is 2. The molecule has 0 unspecified atom stereocenters. The van der Waals surface area contributed by atoms with Crippen molar-refractivity contribution in [3.05, 3.63) is 36.2 Å². The largest absolute Gasteiger partial charge is 0.384 e. The number of rotatable bonds is 5. The highest BCUT2D eigenvalue weighted by atomic mass is 16.5. The summed E-state index contributed by atoms with van der Waals surface area (Å²) in [6.07, 6.45) is 2.83. The maximum atomic E-state index is 11.7. The molecule has 0 aliphatic rings. The second kappa shape index (κ2) is 5.76. The molecule has 0 aliphatic heterocycles. The van der Waals surface area contributed by atoms with E-state index >= 15 is 0 Å². The number of aromatic nitrogens is 3. The normalized spacial score (nSPS) is 10.1. The first-order valence-corrected chi connectivity index (χ1v) is 5.53. The van der Waals surface area contributed by atoms with E-state index in [0.717, 1.165) is 12.2 Å². The van der Waals surface area contributed by atoms with E-state index in [9.17, 15) is 4.79 Å². The molecular weight excluding hydrogens is 234 g/mol. The Bertz CT molecular complexity index is 495. The SMILES string of the molecule is CCNc1ccc(C(=O)NCc2ncon2)nc1. The minimum absolute atomic E-state index is 0.214. The Morgan fingerprint density at radius 3 is 2.89 bits per heavy atom. The third-order valence-corrected chi connectivity index (χ3v) is 2.19. The highest BCUT2D eigenvalue weighted by Crippen LogP contribution is 2.05. The predicted molar refractivity (Wildman–Crippen MR) is 63.9 cm³/mol. The van der Waals surface area contributed by atoms with E-state index in [1.807, 2.05) is 6.92 Å². The first kappa shape index (κ1) is 12.0. The van der Waals surface area contributed by atoms with Crippen LogP contribution in [0.3, 0.4) is 0 Å². The first-order chi connectivity index (χ1) is 8.79. The van der Waals surface area contributed by atoms with Crippen molar-refractivity contribution in [1.29, 1.82) is 0 Å².